The van der Waals surface area contributed by atoms with Crippen LogP contribution < -0.4 is 0 Å². The molecule has 0 aliphatic carbocycles. The maximum atomic E-state index is 11.3. The first kappa shape index (κ1) is 13.6. The van der Waals surface area contributed by atoms with E-state index in [1.807, 2.05) is 16.8 Å². The average Bonchev–Trinajstić information content (AvgIpc) is 2.75. The minimum atomic E-state index is -0.958. The van der Waals surface area contributed by atoms with Gasteiger partial charge in [0.15, 0.2) is 0 Å². The molecule has 4 heteroatoms. The standard InChI is InChI=1S/C15H19NO3/c1-3-4-8-16-9-12(10(2)17)14-11(15(18)19)6-5-7-13(14)16/h5-7,9-10,17H,3-4,8H2,1-2H3,(H,18,19). The molecule has 102 valence electrons. The zero-order valence-corrected chi connectivity index (χ0v) is 11.3. The molecule has 0 spiro atoms. The fraction of sp³-hybridized carbons (Fsp3) is 0.400. The molecule has 2 N–H and O–H groups in total. The molecule has 0 bridgehead atoms. The minimum Gasteiger partial charge on any atom is -0.478 e. The highest BCUT2D eigenvalue weighted by molar-refractivity contribution is 6.04. The van der Waals surface area contributed by atoms with Gasteiger partial charge in [-0.25, -0.2) is 4.79 Å². The van der Waals surface area contributed by atoms with Crippen LogP contribution in [-0.4, -0.2) is 20.7 Å². The van der Waals surface area contributed by atoms with Crippen molar-refractivity contribution in [2.75, 3.05) is 0 Å². The lowest BCUT2D eigenvalue weighted by atomic mass is 10.0. The van der Waals surface area contributed by atoms with E-state index >= 15 is 0 Å². The van der Waals surface area contributed by atoms with Crippen molar-refractivity contribution in [3.05, 3.63) is 35.5 Å². The van der Waals surface area contributed by atoms with E-state index in [1.54, 1.807) is 19.1 Å². The van der Waals surface area contributed by atoms with Crippen LogP contribution in [0.3, 0.4) is 0 Å². The SMILES string of the molecule is CCCCn1cc(C(C)O)c2c(C(=O)O)cccc21. The molecular weight excluding hydrogens is 242 g/mol. The molecule has 0 aliphatic heterocycles. The quantitative estimate of drug-likeness (QED) is 0.868. The van der Waals surface area contributed by atoms with E-state index in [0.29, 0.717) is 10.9 Å². The van der Waals surface area contributed by atoms with Gasteiger partial charge in [0.05, 0.1) is 11.7 Å². The summed E-state index contributed by atoms with van der Waals surface area (Å²) in [5.74, 6) is -0.958. The summed E-state index contributed by atoms with van der Waals surface area (Å²) in [6, 6.07) is 5.24. The Labute approximate surface area is 112 Å². The number of hydrogen-bond acceptors (Lipinski definition) is 2. The summed E-state index contributed by atoms with van der Waals surface area (Å²) in [5.41, 5.74) is 1.82. The molecule has 1 aromatic heterocycles. The number of aromatic nitrogens is 1. The van der Waals surface area contributed by atoms with Crippen molar-refractivity contribution in [1.29, 1.82) is 0 Å². The topological polar surface area (TPSA) is 62.5 Å². The van der Waals surface area contributed by atoms with Crippen molar-refractivity contribution in [3.8, 4) is 0 Å². The maximum absolute atomic E-state index is 11.3. The van der Waals surface area contributed by atoms with Crippen LogP contribution in [-0.2, 0) is 6.54 Å². The Morgan fingerprint density at radius 2 is 2.16 bits per heavy atom. The third kappa shape index (κ3) is 2.49. The Morgan fingerprint density at radius 1 is 1.42 bits per heavy atom. The number of carbonyl (C=O) groups is 1. The van der Waals surface area contributed by atoms with Crippen molar-refractivity contribution >= 4 is 16.9 Å². The molecule has 1 heterocycles. The number of fused-ring (bicyclic) bond motifs is 1. The van der Waals surface area contributed by atoms with Gasteiger partial charge in [-0.1, -0.05) is 19.4 Å². The lowest BCUT2D eigenvalue weighted by molar-refractivity contribution is 0.0699. The highest BCUT2D eigenvalue weighted by Gasteiger charge is 2.18. The van der Waals surface area contributed by atoms with E-state index in [0.717, 1.165) is 24.9 Å². The monoisotopic (exact) mass is 261 g/mol. The number of aliphatic hydroxyl groups is 1. The third-order valence-electron chi connectivity index (χ3n) is 3.37. The van der Waals surface area contributed by atoms with Crippen molar-refractivity contribution in [2.45, 2.75) is 39.3 Å². The van der Waals surface area contributed by atoms with E-state index in [1.165, 1.54) is 0 Å². The summed E-state index contributed by atoms with van der Waals surface area (Å²) in [5, 5.41) is 19.8. The van der Waals surface area contributed by atoms with Crippen LogP contribution in [0.5, 0.6) is 0 Å². The number of aromatic carboxylic acids is 1. The van der Waals surface area contributed by atoms with Crippen LogP contribution in [0.15, 0.2) is 24.4 Å². The predicted molar refractivity (Wildman–Crippen MR) is 74.4 cm³/mol. The number of carboxylic acids is 1. The number of hydrogen-bond donors (Lipinski definition) is 2. The van der Waals surface area contributed by atoms with E-state index < -0.39 is 12.1 Å². The Kier molecular flexibility index (Phi) is 3.90. The van der Waals surface area contributed by atoms with E-state index in [9.17, 15) is 15.0 Å². The fourth-order valence-electron chi connectivity index (χ4n) is 2.39. The zero-order chi connectivity index (χ0) is 14.0. The first-order chi connectivity index (χ1) is 9.06. The summed E-state index contributed by atoms with van der Waals surface area (Å²) < 4.78 is 2.04. The van der Waals surface area contributed by atoms with Crippen LogP contribution in [0.2, 0.25) is 0 Å². The highest BCUT2D eigenvalue weighted by atomic mass is 16.4. The first-order valence-electron chi connectivity index (χ1n) is 6.59. The Bertz CT molecular complexity index is 599. The smallest absolute Gasteiger partial charge is 0.336 e. The predicted octanol–water partition coefficient (Wildman–Crippen LogP) is 3.19. The molecule has 0 aliphatic rings. The molecule has 1 aromatic carbocycles. The normalized spacial score (nSPS) is 12.8. The first-order valence-corrected chi connectivity index (χ1v) is 6.59. The van der Waals surface area contributed by atoms with Gasteiger partial charge in [0.1, 0.15) is 0 Å². The molecule has 2 aromatic rings. The maximum Gasteiger partial charge on any atom is 0.336 e. The molecule has 0 amide bonds. The van der Waals surface area contributed by atoms with Gasteiger partial charge in [-0.3, -0.25) is 0 Å². The summed E-state index contributed by atoms with van der Waals surface area (Å²) in [6.07, 6.45) is 3.30. The van der Waals surface area contributed by atoms with Gasteiger partial charge in [0.2, 0.25) is 0 Å². The summed E-state index contributed by atoms with van der Waals surface area (Å²) in [4.78, 5) is 11.3. The van der Waals surface area contributed by atoms with Crippen molar-refractivity contribution < 1.29 is 15.0 Å². The Morgan fingerprint density at radius 3 is 2.74 bits per heavy atom. The highest BCUT2D eigenvalue weighted by Crippen LogP contribution is 2.30. The molecule has 1 atom stereocenters. The van der Waals surface area contributed by atoms with E-state index in [4.69, 9.17) is 0 Å². The molecule has 0 radical (unpaired) electrons. The van der Waals surface area contributed by atoms with Crippen LogP contribution in [0.25, 0.3) is 10.9 Å². The van der Waals surface area contributed by atoms with E-state index in [-0.39, 0.29) is 5.56 Å². The Balaban J connectivity index is 2.67. The summed E-state index contributed by atoms with van der Waals surface area (Å²) >= 11 is 0. The fourth-order valence-corrected chi connectivity index (χ4v) is 2.39. The second-order valence-electron chi connectivity index (χ2n) is 4.81. The van der Waals surface area contributed by atoms with Gasteiger partial charge in [-0.15, -0.1) is 0 Å². The molecule has 0 saturated heterocycles. The molecule has 0 saturated carbocycles. The molecule has 4 nitrogen and oxygen atoms in total. The number of carboxylic acid groups (broad SMARTS) is 1. The summed E-state index contributed by atoms with van der Waals surface area (Å²) in [7, 11) is 0. The minimum absolute atomic E-state index is 0.253. The third-order valence-corrected chi connectivity index (χ3v) is 3.37. The molecule has 1 unspecified atom stereocenters. The van der Waals surface area contributed by atoms with Gasteiger partial charge in [-0.05, 0) is 25.5 Å². The van der Waals surface area contributed by atoms with Crippen molar-refractivity contribution in [3.63, 3.8) is 0 Å². The van der Waals surface area contributed by atoms with Gasteiger partial charge in [0, 0.05) is 29.2 Å². The lowest BCUT2D eigenvalue weighted by Gasteiger charge is -2.05. The number of nitrogens with zero attached hydrogens (tertiary/aromatic N) is 1. The van der Waals surface area contributed by atoms with Crippen LogP contribution >= 0.6 is 0 Å². The average molecular weight is 261 g/mol. The number of benzene rings is 1. The molecular formula is C15H19NO3. The Hall–Kier alpha value is -1.81. The number of rotatable bonds is 5. The second kappa shape index (κ2) is 5.45. The number of aliphatic hydroxyl groups excluding tert-OH is 1. The molecule has 19 heavy (non-hydrogen) atoms. The lowest BCUT2D eigenvalue weighted by Crippen LogP contribution is -1.99. The largest absolute Gasteiger partial charge is 0.478 e. The summed E-state index contributed by atoms with van der Waals surface area (Å²) in [6.45, 7) is 4.62. The van der Waals surface area contributed by atoms with E-state index in [2.05, 4.69) is 6.92 Å². The number of aryl methyl sites for hydroxylation is 1. The molecule has 2 rings (SSSR count). The number of unbranched alkanes of at least 4 members (excludes halogenated alkanes) is 1. The van der Waals surface area contributed by atoms with Crippen LogP contribution in [0, 0.1) is 0 Å². The van der Waals surface area contributed by atoms with Crippen molar-refractivity contribution in [2.24, 2.45) is 0 Å². The van der Waals surface area contributed by atoms with Gasteiger partial charge < -0.3 is 14.8 Å². The van der Waals surface area contributed by atoms with Gasteiger partial charge >= 0.3 is 5.97 Å². The van der Waals surface area contributed by atoms with Crippen LogP contribution in [0.1, 0.15) is 48.7 Å². The zero-order valence-electron chi connectivity index (χ0n) is 11.3. The van der Waals surface area contributed by atoms with Crippen LogP contribution in [0.4, 0.5) is 0 Å². The van der Waals surface area contributed by atoms with Gasteiger partial charge in [-0.2, -0.15) is 0 Å². The molecule has 0 fully saturated rings. The van der Waals surface area contributed by atoms with Crippen molar-refractivity contribution in [1.82, 2.24) is 4.57 Å². The van der Waals surface area contributed by atoms with Gasteiger partial charge in [0.25, 0.3) is 0 Å². The second-order valence-corrected chi connectivity index (χ2v) is 4.81.